The number of nitrogens with two attached hydrogens (primary N) is 1. The highest BCUT2D eigenvalue weighted by Crippen LogP contribution is 2.36. The molecule has 8 nitrogen and oxygen atoms in total. The van der Waals surface area contributed by atoms with E-state index in [1.54, 1.807) is 6.33 Å². The number of anilines is 1. The van der Waals surface area contributed by atoms with Gasteiger partial charge in [0.2, 0.25) is 5.91 Å². The van der Waals surface area contributed by atoms with Crippen LogP contribution in [0.3, 0.4) is 0 Å². The van der Waals surface area contributed by atoms with Gasteiger partial charge in [-0.1, -0.05) is 49.0 Å². The van der Waals surface area contributed by atoms with Crippen LogP contribution in [0.25, 0.3) is 5.70 Å². The molecule has 45 heavy (non-hydrogen) atoms. The Bertz CT molecular complexity index is 1450. The fourth-order valence-electron chi connectivity index (χ4n) is 7.61. The first-order valence-electron chi connectivity index (χ1n) is 16.6. The molecular weight excluding hydrogens is 558 g/mol. The summed E-state index contributed by atoms with van der Waals surface area (Å²) in [5.74, 6) is 0.0665. The minimum absolute atomic E-state index is 0.0665. The van der Waals surface area contributed by atoms with Gasteiger partial charge < -0.3 is 20.4 Å². The number of likely N-dealkylation sites (tertiary alicyclic amines) is 3. The van der Waals surface area contributed by atoms with E-state index >= 15 is 0 Å². The van der Waals surface area contributed by atoms with Crippen molar-refractivity contribution in [3.8, 4) is 0 Å². The number of nitrogens with zero attached hydrogens (tertiary/aromatic N) is 6. The van der Waals surface area contributed by atoms with Gasteiger partial charge in [-0.2, -0.15) is 0 Å². The maximum atomic E-state index is 12.4. The van der Waals surface area contributed by atoms with Gasteiger partial charge in [-0.25, -0.2) is 9.97 Å². The van der Waals surface area contributed by atoms with Crippen LogP contribution in [-0.2, 0) is 17.9 Å². The lowest BCUT2D eigenvalue weighted by molar-refractivity contribution is -0.129. The molecule has 2 aromatic carbocycles. The normalized spacial score (nSPS) is 20.9. The number of rotatable bonds is 9. The first-order valence-corrected chi connectivity index (χ1v) is 16.6. The van der Waals surface area contributed by atoms with Crippen LogP contribution in [0.1, 0.15) is 67.1 Å². The summed E-state index contributed by atoms with van der Waals surface area (Å²) in [5.41, 5.74) is 14.0. The fourth-order valence-corrected chi connectivity index (χ4v) is 7.61. The fraction of sp³-hybridized carbons (Fsp3) is 0.486. The van der Waals surface area contributed by atoms with E-state index in [2.05, 4.69) is 107 Å². The molecule has 3 aromatic rings. The summed E-state index contributed by atoms with van der Waals surface area (Å²) in [5, 5.41) is 0. The maximum Gasteiger partial charge on any atom is 0.239 e. The van der Waals surface area contributed by atoms with Crippen molar-refractivity contribution in [3.05, 3.63) is 95.6 Å². The van der Waals surface area contributed by atoms with Crippen LogP contribution in [0.4, 0.5) is 5.69 Å². The number of carbonyl (C=O) groups is 1. The highest BCUT2D eigenvalue weighted by Gasteiger charge is 2.39. The molecule has 4 heterocycles. The Morgan fingerprint density at radius 1 is 0.911 bits per heavy atom. The first kappa shape index (κ1) is 31.2. The first-order chi connectivity index (χ1) is 21.7. The Hall–Kier alpha value is -3.75. The lowest BCUT2D eigenvalue weighted by atomic mass is 9.85. The summed E-state index contributed by atoms with van der Waals surface area (Å²) in [6.45, 7) is 17.5. The minimum Gasteiger partial charge on any atom is -0.371 e. The van der Waals surface area contributed by atoms with E-state index in [0.717, 1.165) is 99.6 Å². The Morgan fingerprint density at radius 2 is 1.56 bits per heavy atom. The molecule has 3 saturated heterocycles. The summed E-state index contributed by atoms with van der Waals surface area (Å²) in [6.07, 6.45) is 6.92. The molecule has 0 spiro atoms. The third-order valence-electron chi connectivity index (χ3n) is 10.6. The molecule has 0 aliphatic carbocycles. The van der Waals surface area contributed by atoms with Crippen LogP contribution in [0.15, 0.2) is 67.5 Å². The second-order valence-electron chi connectivity index (χ2n) is 13.5. The number of hydrogen-bond donors (Lipinski definition) is 1. The summed E-state index contributed by atoms with van der Waals surface area (Å²) in [7, 11) is 0. The number of benzene rings is 2. The summed E-state index contributed by atoms with van der Waals surface area (Å²) < 4.78 is 0. The van der Waals surface area contributed by atoms with Gasteiger partial charge in [0.1, 0.15) is 6.33 Å². The summed E-state index contributed by atoms with van der Waals surface area (Å²) in [6, 6.07) is 19.8. The molecule has 3 aliphatic heterocycles. The minimum atomic E-state index is -0.344. The highest BCUT2D eigenvalue weighted by molar-refractivity contribution is 5.83. The van der Waals surface area contributed by atoms with Crippen molar-refractivity contribution < 1.29 is 4.79 Å². The van der Waals surface area contributed by atoms with Gasteiger partial charge in [0.25, 0.3) is 0 Å². The maximum absolute atomic E-state index is 12.4. The van der Waals surface area contributed by atoms with E-state index in [9.17, 15) is 4.79 Å². The summed E-state index contributed by atoms with van der Waals surface area (Å²) in [4.78, 5) is 30.9. The van der Waals surface area contributed by atoms with Crippen molar-refractivity contribution in [2.45, 2.75) is 83.6 Å². The number of hydrogen-bond acceptors (Lipinski definition) is 7. The topological polar surface area (TPSA) is 81.8 Å². The third-order valence-corrected chi connectivity index (χ3v) is 10.6. The Morgan fingerprint density at radius 3 is 2.16 bits per heavy atom. The largest absolute Gasteiger partial charge is 0.371 e. The van der Waals surface area contributed by atoms with Gasteiger partial charge in [-0.05, 0) is 76.1 Å². The van der Waals surface area contributed by atoms with Crippen LogP contribution < -0.4 is 10.6 Å². The number of piperidine rings is 2. The Labute approximate surface area is 268 Å². The lowest BCUT2D eigenvalue weighted by Crippen LogP contribution is -2.57. The van der Waals surface area contributed by atoms with Crippen molar-refractivity contribution in [1.29, 1.82) is 0 Å². The summed E-state index contributed by atoms with van der Waals surface area (Å²) >= 11 is 0. The number of amides is 1. The van der Waals surface area contributed by atoms with Crippen molar-refractivity contribution in [2.75, 3.05) is 37.6 Å². The van der Waals surface area contributed by atoms with Crippen LogP contribution in [0.5, 0.6) is 0 Å². The molecule has 1 amide bonds. The van der Waals surface area contributed by atoms with E-state index < -0.39 is 0 Å². The van der Waals surface area contributed by atoms with Gasteiger partial charge in [0.05, 0.1) is 17.4 Å². The van der Waals surface area contributed by atoms with Gasteiger partial charge >= 0.3 is 0 Å². The molecule has 238 valence electrons. The average Bonchev–Trinajstić information content (AvgIpc) is 3.37. The molecule has 0 saturated carbocycles. The van der Waals surface area contributed by atoms with Gasteiger partial charge in [-0.15, -0.1) is 0 Å². The monoisotopic (exact) mass is 607 g/mol. The van der Waals surface area contributed by atoms with Crippen molar-refractivity contribution in [3.63, 3.8) is 0 Å². The zero-order chi connectivity index (χ0) is 31.6. The SMILES string of the molecule is C=C(c1c(C)ncnc1C)N1CCC(C)(N2CCC(N(Cc3ccccc3)c3ccc(CN4CCC(N)C4=O)cc3)CC2)CC1. The van der Waals surface area contributed by atoms with Crippen molar-refractivity contribution in [2.24, 2.45) is 5.73 Å². The van der Waals surface area contributed by atoms with Gasteiger partial charge in [-0.3, -0.25) is 9.69 Å². The molecule has 1 aromatic heterocycles. The van der Waals surface area contributed by atoms with Crippen LogP contribution in [-0.4, -0.2) is 80.9 Å². The predicted molar refractivity (Wildman–Crippen MR) is 181 cm³/mol. The average molecular weight is 608 g/mol. The number of aromatic nitrogens is 2. The Balaban J connectivity index is 1.10. The molecular formula is C37H49N7O. The number of carbonyl (C=O) groups excluding carboxylic acids is 1. The van der Waals surface area contributed by atoms with E-state index in [-0.39, 0.29) is 17.5 Å². The molecule has 6 rings (SSSR count). The van der Waals surface area contributed by atoms with Crippen LogP contribution >= 0.6 is 0 Å². The molecule has 1 unspecified atom stereocenters. The quantitative estimate of drug-likeness (QED) is 0.360. The second-order valence-corrected chi connectivity index (χ2v) is 13.5. The van der Waals surface area contributed by atoms with Gasteiger partial charge in [0.15, 0.2) is 0 Å². The van der Waals surface area contributed by atoms with Crippen LogP contribution in [0, 0.1) is 13.8 Å². The zero-order valence-electron chi connectivity index (χ0n) is 27.3. The molecule has 1 atom stereocenters. The van der Waals surface area contributed by atoms with E-state index in [4.69, 9.17) is 5.73 Å². The van der Waals surface area contributed by atoms with E-state index in [0.29, 0.717) is 12.6 Å². The molecule has 0 radical (unpaired) electrons. The van der Waals surface area contributed by atoms with Crippen molar-refractivity contribution in [1.82, 2.24) is 24.7 Å². The van der Waals surface area contributed by atoms with Crippen LogP contribution in [0.2, 0.25) is 0 Å². The molecule has 8 heteroatoms. The van der Waals surface area contributed by atoms with Crippen molar-refractivity contribution >= 4 is 17.3 Å². The number of aryl methyl sites for hydroxylation is 2. The van der Waals surface area contributed by atoms with E-state index in [1.807, 2.05) is 4.90 Å². The predicted octanol–water partition coefficient (Wildman–Crippen LogP) is 5.15. The molecule has 2 N–H and O–H groups in total. The molecule has 3 fully saturated rings. The smallest absolute Gasteiger partial charge is 0.239 e. The van der Waals surface area contributed by atoms with E-state index in [1.165, 1.54) is 11.3 Å². The standard InChI is InChI=1S/C37H49N7O/c1-27-35(28(2)40-26-39-27)29(3)41-22-17-37(4,18-23-41)43-20-14-33(15-21-43)44(25-30-8-6-5-7-9-30)32-12-10-31(11-13-32)24-42-19-16-34(38)36(42)45/h5-13,26,33-34H,3,14-25,38H2,1-2,4H3. The second kappa shape index (κ2) is 13.3. The van der Waals surface area contributed by atoms with Gasteiger partial charge in [0, 0.05) is 74.3 Å². The lowest BCUT2D eigenvalue weighted by Gasteiger charge is -2.51. The molecule has 0 bridgehead atoms. The third kappa shape index (κ3) is 6.77. The highest BCUT2D eigenvalue weighted by atomic mass is 16.2. The zero-order valence-corrected chi connectivity index (χ0v) is 27.3. The Kier molecular flexibility index (Phi) is 9.24. The molecule has 3 aliphatic rings.